The summed E-state index contributed by atoms with van der Waals surface area (Å²) >= 11 is 5.72. The molecule has 0 fully saturated rings. The zero-order valence-electron chi connectivity index (χ0n) is 10.5. The lowest BCUT2D eigenvalue weighted by molar-refractivity contribution is -0.146. The zero-order chi connectivity index (χ0) is 14.5. The van der Waals surface area contributed by atoms with Crippen LogP contribution in [0.5, 0.6) is 0 Å². The van der Waals surface area contributed by atoms with Gasteiger partial charge < -0.3 is 10.5 Å². The highest BCUT2D eigenvalue weighted by atomic mass is 35.5. The average molecular weight is 306 g/mol. The van der Waals surface area contributed by atoms with Crippen molar-refractivity contribution in [2.24, 2.45) is 5.73 Å². The highest BCUT2D eigenvalue weighted by Crippen LogP contribution is 2.10. The molecule has 0 aliphatic rings. The lowest BCUT2D eigenvalue weighted by Crippen LogP contribution is -2.34. The minimum atomic E-state index is -3.13. The smallest absolute Gasteiger partial charge is 0.323 e. The first-order valence-corrected chi connectivity index (χ1v) is 8.06. The molecule has 1 unspecified atom stereocenters. The number of esters is 1. The summed E-state index contributed by atoms with van der Waals surface area (Å²) in [6, 6.07) is 5.92. The SMILES string of the molecule is CS(=O)(=O)CCC(N)C(=O)OCc1ccc(Cl)cc1. The Morgan fingerprint density at radius 2 is 1.95 bits per heavy atom. The molecule has 0 bridgehead atoms. The zero-order valence-corrected chi connectivity index (χ0v) is 12.1. The van der Waals surface area contributed by atoms with Gasteiger partial charge in [0.2, 0.25) is 0 Å². The summed E-state index contributed by atoms with van der Waals surface area (Å²) in [7, 11) is -3.13. The Kier molecular flexibility index (Phi) is 5.78. The third kappa shape index (κ3) is 6.56. The standard InChI is InChI=1S/C12H16ClNO4S/c1-19(16,17)7-6-11(14)12(15)18-8-9-2-4-10(13)5-3-9/h2-5,11H,6-8,14H2,1H3. The van der Waals surface area contributed by atoms with Gasteiger partial charge in [0, 0.05) is 11.3 Å². The molecule has 0 aliphatic carbocycles. The van der Waals surface area contributed by atoms with Crippen LogP contribution in [0.3, 0.4) is 0 Å². The molecule has 1 rings (SSSR count). The van der Waals surface area contributed by atoms with Gasteiger partial charge in [0.1, 0.15) is 22.5 Å². The summed E-state index contributed by atoms with van der Waals surface area (Å²) in [6.07, 6.45) is 1.15. The van der Waals surface area contributed by atoms with E-state index in [1.807, 2.05) is 0 Å². The number of carbonyl (C=O) groups is 1. The average Bonchev–Trinajstić information content (AvgIpc) is 2.34. The van der Waals surface area contributed by atoms with E-state index in [1.54, 1.807) is 24.3 Å². The first kappa shape index (κ1) is 15.9. The van der Waals surface area contributed by atoms with Crippen LogP contribution in [0, 0.1) is 0 Å². The third-order valence-electron chi connectivity index (χ3n) is 2.40. The van der Waals surface area contributed by atoms with Gasteiger partial charge in [-0.3, -0.25) is 4.79 Å². The number of ether oxygens (including phenoxy) is 1. The minimum absolute atomic E-state index is 0.0539. The number of sulfone groups is 1. The first-order chi connectivity index (χ1) is 8.78. The molecule has 0 aromatic heterocycles. The molecule has 5 nitrogen and oxygen atoms in total. The molecule has 0 saturated carbocycles. The maximum absolute atomic E-state index is 11.5. The molecule has 0 saturated heterocycles. The van der Waals surface area contributed by atoms with E-state index in [0.717, 1.165) is 11.8 Å². The van der Waals surface area contributed by atoms with Crippen LogP contribution in [0.2, 0.25) is 5.02 Å². The molecule has 19 heavy (non-hydrogen) atoms. The molecule has 2 N–H and O–H groups in total. The molecule has 0 aliphatic heterocycles. The number of nitrogens with two attached hydrogens (primary N) is 1. The molecule has 106 valence electrons. The van der Waals surface area contributed by atoms with Crippen molar-refractivity contribution in [2.45, 2.75) is 19.1 Å². The van der Waals surface area contributed by atoms with Crippen molar-refractivity contribution in [2.75, 3.05) is 12.0 Å². The Morgan fingerprint density at radius 3 is 2.47 bits per heavy atom. The van der Waals surface area contributed by atoms with Gasteiger partial charge in [-0.15, -0.1) is 0 Å². The molecule has 1 aromatic carbocycles. The van der Waals surface area contributed by atoms with Crippen LogP contribution in [-0.2, 0) is 26.0 Å². The summed E-state index contributed by atoms with van der Waals surface area (Å²) < 4.78 is 26.9. The summed E-state index contributed by atoms with van der Waals surface area (Å²) in [5.74, 6) is -0.747. The minimum Gasteiger partial charge on any atom is -0.460 e. The van der Waals surface area contributed by atoms with E-state index in [0.29, 0.717) is 5.02 Å². The van der Waals surface area contributed by atoms with E-state index in [4.69, 9.17) is 22.1 Å². The second kappa shape index (κ2) is 6.88. The fourth-order valence-corrected chi connectivity index (χ4v) is 2.11. The largest absolute Gasteiger partial charge is 0.460 e. The normalized spacial score (nSPS) is 13.0. The Bertz CT molecular complexity index is 527. The van der Waals surface area contributed by atoms with Crippen LogP contribution in [-0.4, -0.2) is 32.4 Å². The number of hydrogen-bond acceptors (Lipinski definition) is 5. The predicted molar refractivity (Wildman–Crippen MR) is 73.6 cm³/mol. The van der Waals surface area contributed by atoms with Crippen molar-refractivity contribution in [3.63, 3.8) is 0 Å². The van der Waals surface area contributed by atoms with Crippen molar-refractivity contribution in [1.82, 2.24) is 0 Å². The van der Waals surface area contributed by atoms with Crippen molar-refractivity contribution in [3.8, 4) is 0 Å². The molecule has 0 spiro atoms. The second-order valence-electron chi connectivity index (χ2n) is 4.26. The predicted octanol–water partition coefficient (Wildman–Crippen LogP) is 1.15. The number of rotatable bonds is 6. The number of benzene rings is 1. The Labute approximate surface area is 117 Å². The fraction of sp³-hybridized carbons (Fsp3) is 0.417. The van der Waals surface area contributed by atoms with E-state index in [9.17, 15) is 13.2 Å². The Balaban J connectivity index is 2.40. The van der Waals surface area contributed by atoms with Gasteiger partial charge in [-0.25, -0.2) is 8.42 Å². The van der Waals surface area contributed by atoms with Crippen molar-refractivity contribution >= 4 is 27.4 Å². The maximum atomic E-state index is 11.5. The van der Waals surface area contributed by atoms with Gasteiger partial charge in [-0.1, -0.05) is 23.7 Å². The van der Waals surface area contributed by atoms with Crippen LogP contribution in [0.25, 0.3) is 0 Å². The third-order valence-corrected chi connectivity index (χ3v) is 3.63. The van der Waals surface area contributed by atoms with E-state index >= 15 is 0 Å². The molecule has 0 radical (unpaired) electrons. The molecule has 1 aromatic rings. The summed E-state index contributed by atoms with van der Waals surface area (Å²) in [5.41, 5.74) is 6.34. The lowest BCUT2D eigenvalue weighted by Gasteiger charge is -2.11. The van der Waals surface area contributed by atoms with Gasteiger partial charge in [-0.2, -0.15) is 0 Å². The van der Waals surface area contributed by atoms with Crippen molar-refractivity contribution in [1.29, 1.82) is 0 Å². The molecule has 1 atom stereocenters. The first-order valence-electron chi connectivity index (χ1n) is 5.62. The van der Waals surface area contributed by atoms with E-state index < -0.39 is 21.8 Å². The second-order valence-corrected chi connectivity index (χ2v) is 6.96. The molecular formula is C12H16ClNO4S. The van der Waals surface area contributed by atoms with Crippen LogP contribution in [0.15, 0.2) is 24.3 Å². The van der Waals surface area contributed by atoms with Gasteiger partial charge in [0.25, 0.3) is 0 Å². The monoisotopic (exact) mass is 305 g/mol. The molecule has 0 amide bonds. The summed E-state index contributed by atoms with van der Waals surface area (Å²) in [4.78, 5) is 11.5. The number of carbonyl (C=O) groups excluding carboxylic acids is 1. The quantitative estimate of drug-likeness (QED) is 0.797. The topological polar surface area (TPSA) is 86.5 Å². The Morgan fingerprint density at radius 1 is 1.37 bits per heavy atom. The van der Waals surface area contributed by atoms with Crippen molar-refractivity contribution in [3.05, 3.63) is 34.9 Å². The van der Waals surface area contributed by atoms with Gasteiger partial charge in [0.05, 0.1) is 5.75 Å². The van der Waals surface area contributed by atoms with Gasteiger partial charge in [0.15, 0.2) is 0 Å². The molecular weight excluding hydrogens is 290 g/mol. The number of halogens is 1. The van der Waals surface area contributed by atoms with Crippen LogP contribution >= 0.6 is 11.6 Å². The Hall–Kier alpha value is -1.11. The maximum Gasteiger partial charge on any atom is 0.323 e. The number of hydrogen-bond donors (Lipinski definition) is 1. The molecule has 0 heterocycles. The van der Waals surface area contributed by atoms with E-state index in [1.165, 1.54) is 0 Å². The summed E-state index contributed by atoms with van der Waals surface area (Å²) in [6.45, 7) is 0.0859. The van der Waals surface area contributed by atoms with Crippen molar-refractivity contribution < 1.29 is 17.9 Å². The van der Waals surface area contributed by atoms with E-state index in [-0.39, 0.29) is 18.8 Å². The highest BCUT2D eigenvalue weighted by molar-refractivity contribution is 7.90. The van der Waals surface area contributed by atoms with Crippen LogP contribution in [0.1, 0.15) is 12.0 Å². The molecule has 7 heteroatoms. The van der Waals surface area contributed by atoms with Crippen LogP contribution in [0.4, 0.5) is 0 Å². The lowest BCUT2D eigenvalue weighted by atomic mass is 10.2. The van der Waals surface area contributed by atoms with Gasteiger partial charge >= 0.3 is 5.97 Å². The van der Waals surface area contributed by atoms with E-state index in [2.05, 4.69) is 0 Å². The summed E-state index contributed by atoms with van der Waals surface area (Å²) in [5, 5.41) is 0.597. The fourth-order valence-electron chi connectivity index (χ4n) is 1.30. The highest BCUT2D eigenvalue weighted by Gasteiger charge is 2.17. The van der Waals surface area contributed by atoms with Gasteiger partial charge in [-0.05, 0) is 24.1 Å². The van der Waals surface area contributed by atoms with Crippen LogP contribution < -0.4 is 5.73 Å².